The monoisotopic (exact) mass is 330 g/mol. The second-order valence-corrected chi connectivity index (χ2v) is 6.92. The van der Waals surface area contributed by atoms with Gasteiger partial charge < -0.3 is 0 Å². The van der Waals surface area contributed by atoms with Gasteiger partial charge in [0.15, 0.2) is 19.1 Å². The number of nitrogens with zero attached hydrogens (tertiary/aromatic N) is 3. The van der Waals surface area contributed by atoms with Crippen LogP contribution in [0.2, 0.25) is 0 Å². The highest BCUT2D eigenvalue weighted by atomic mass is 15.4. The van der Waals surface area contributed by atoms with Gasteiger partial charge in [0, 0.05) is 17.0 Å². The summed E-state index contributed by atoms with van der Waals surface area (Å²) >= 11 is 0. The summed E-state index contributed by atoms with van der Waals surface area (Å²) in [4.78, 5) is 0. The summed E-state index contributed by atoms with van der Waals surface area (Å²) in [5.74, 6) is 1.66. The number of aryl methyl sites for hydroxylation is 2. The highest BCUT2D eigenvalue weighted by molar-refractivity contribution is 5.89. The minimum atomic E-state index is 0.462. The van der Waals surface area contributed by atoms with E-state index in [1.165, 1.54) is 33.5 Å². The molecule has 4 rings (SSSR count). The highest BCUT2D eigenvalue weighted by Crippen LogP contribution is 2.34. The summed E-state index contributed by atoms with van der Waals surface area (Å²) in [6.07, 6.45) is 4.20. The minimum absolute atomic E-state index is 0.462. The summed E-state index contributed by atoms with van der Waals surface area (Å²) in [6.45, 7) is 6.73. The van der Waals surface area contributed by atoms with Crippen LogP contribution in [-0.4, -0.2) is 9.25 Å². The number of para-hydroxylation sites is 2. The Balaban J connectivity index is 2.16. The molecule has 2 heterocycles. The van der Waals surface area contributed by atoms with Gasteiger partial charge in [-0.2, -0.15) is 0 Å². The van der Waals surface area contributed by atoms with Crippen LogP contribution in [0.3, 0.4) is 0 Å². The molecule has 0 fully saturated rings. The van der Waals surface area contributed by atoms with Crippen LogP contribution in [-0.2, 0) is 7.05 Å². The van der Waals surface area contributed by atoms with E-state index in [2.05, 4.69) is 109 Å². The van der Waals surface area contributed by atoms with Crippen LogP contribution in [0.5, 0.6) is 0 Å². The average molecular weight is 330 g/mol. The lowest BCUT2D eigenvalue weighted by molar-refractivity contribution is -0.744. The fourth-order valence-electron chi connectivity index (χ4n) is 3.73. The molecular weight excluding hydrogens is 306 g/mol. The summed E-state index contributed by atoms with van der Waals surface area (Å²) < 4.78 is 6.74. The molecule has 0 bridgehead atoms. The van der Waals surface area contributed by atoms with Crippen molar-refractivity contribution < 1.29 is 4.68 Å². The van der Waals surface area contributed by atoms with Crippen LogP contribution in [0.15, 0.2) is 67.0 Å². The Hall–Kier alpha value is -2.81. The normalized spacial score (nSPS) is 11.6. The minimum Gasteiger partial charge on any atom is -0.291 e. The largest absolute Gasteiger partial charge is 0.291 e. The van der Waals surface area contributed by atoms with Crippen molar-refractivity contribution in [3.8, 4) is 11.5 Å². The van der Waals surface area contributed by atoms with Gasteiger partial charge >= 0.3 is 0 Å². The van der Waals surface area contributed by atoms with Crippen LogP contribution in [0.1, 0.15) is 30.9 Å². The lowest BCUT2D eigenvalue weighted by Gasteiger charge is -2.17. The maximum absolute atomic E-state index is 2.40. The van der Waals surface area contributed by atoms with Crippen LogP contribution in [0.4, 0.5) is 0 Å². The fourth-order valence-corrected chi connectivity index (χ4v) is 3.73. The molecule has 3 nitrogen and oxygen atoms in total. The number of fused-ring (bicyclic) bond motifs is 1. The molecule has 2 aromatic heterocycles. The van der Waals surface area contributed by atoms with Crippen LogP contribution < -0.4 is 4.68 Å². The van der Waals surface area contributed by atoms with E-state index in [0.29, 0.717) is 5.92 Å². The summed E-state index contributed by atoms with van der Waals surface area (Å²) in [5.41, 5.74) is 5.16. The topological polar surface area (TPSA) is 13.7 Å². The Morgan fingerprint density at radius 1 is 0.920 bits per heavy atom. The maximum atomic E-state index is 2.40. The Morgan fingerprint density at radius 3 is 2.36 bits per heavy atom. The summed E-state index contributed by atoms with van der Waals surface area (Å²) in [5, 5.41) is 1.30. The Labute approximate surface area is 148 Å². The molecule has 0 N–H and O–H groups in total. The number of aromatic nitrogens is 3. The fraction of sp³-hybridized carbons (Fsp3) is 0.227. The lowest BCUT2D eigenvalue weighted by Crippen LogP contribution is -2.38. The first-order valence-corrected chi connectivity index (χ1v) is 8.82. The molecule has 25 heavy (non-hydrogen) atoms. The predicted molar refractivity (Wildman–Crippen MR) is 103 cm³/mol. The van der Waals surface area contributed by atoms with Crippen molar-refractivity contribution in [1.29, 1.82) is 0 Å². The molecule has 4 aromatic rings. The molecule has 2 aromatic carbocycles. The second kappa shape index (κ2) is 5.92. The average Bonchev–Trinajstić information content (AvgIpc) is 3.16. The van der Waals surface area contributed by atoms with Gasteiger partial charge in [0.1, 0.15) is 0 Å². The maximum Gasteiger partial charge on any atom is 0.195 e. The third-order valence-electron chi connectivity index (χ3n) is 4.98. The molecule has 0 radical (unpaired) electrons. The first-order valence-electron chi connectivity index (χ1n) is 8.82. The third kappa shape index (κ3) is 2.39. The van der Waals surface area contributed by atoms with E-state index >= 15 is 0 Å². The van der Waals surface area contributed by atoms with Crippen LogP contribution >= 0.6 is 0 Å². The van der Waals surface area contributed by atoms with Gasteiger partial charge in [-0.3, -0.25) is 4.57 Å². The van der Waals surface area contributed by atoms with Crippen LogP contribution in [0.25, 0.3) is 22.4 Å². The molecule has 0 spiro atoms. The third-order valence-corrected chi connectivity index (χ3v) is 4.98. The molecule has 3 heteroatoms. The van der Waals surface area contributed by atoms with E-state index in [9.17, 15) is 0 Å². The molecule has 0 saturated heterocycles. The number of rotatable bonds is 3. The quantitative estimate of drug-likeness (QED) is 0.484. The SMILES string of the molecule is Cc1c(-n2ccc[n+]2C)n(-c2ccccc2C(C)C)c2ccccc12. The number of benzene rings is 2. The van der Waals surface area contributed by atoms with Gasteiger partial charge in [-0.05, 0) is 30.5 Å². The molecule has 0 amide bonds. The van der Waals surface area contributed by atoms with Crippen molar-refractivity contribution >= 4 is 10.9 Å². The van der Waals surface area contributed by atoms with Gasteiger partial charge in [0.25, 0.3) is 0 Å². The van der Waals surface area contributed by atoms with Gasteiger partial charge in [0.2, 0.25) is 0 Å². The smallest absolute Gasteiger partial charge is 0.195 e. The Morgan fingerprint density at radius 2 is 1.64 bits per heavy atom. The van der Waals surface area contributed by atoms with Crippen molar-refractivity contribution in [3.63, 3.8) is 0 Å². The zero-order valence-corrected chi connectivity index (χ0v) is 15.3. The molecule has 126 valence electrons. The van der Waals surface area contributed by atoms with E-state index < -0.39 is 0 Å². The lowest BCUT2D eigenvalue weighted by atomic mass is 10.0. The van der Waals surface area contributed by atoms with E-state index in [4.69, 9.17) is 0 Å². The van der Waals surface area contributed by atoms with Crippen molar-refractivity contribution in [1.82, 2.24) is 9.25 Å². The zero-order chi connectivity index (χ0) is 17.6. The van der Waals surface area contributed by atoms with E-state index in [-0.39, 0.29) is 0 Å². The van der Waals surface area contributed by atoms with Gasteiger partial charge in [-0.1, -0.05) is 50.2 Å². The Kier molecular flexibility index (Phi) is 3.72. The molecule has 0 aliphatic rings. The van der Waals surface area contributed by atoms with Crippen molar-refractivity contribution in [2.24, 2.45) is 7.05 Å². The predicted octanol–water partition coefficient (Wildman–Crippen LogP) is 4.68. The van der Waals surface area contributed by atoms with Crippen molar-refractivity contribution in [3.05, 3.63) is 78.1 Å². The first-order chi connectivity index (χ1) is 12.1. The standard InChI is InChI=1S/C22H24N3/c1-16(2)18-10-5-7-12-20(18)25-21-13-8-6-11-19(21)17(3)22(25)24-15-9-14-23(24)4/h5-16H,1-4H3/q+1. The number of hydrogen-bond donors (Lipinski definition) is 0. The number of hydrogen-bond acceptors (Lipinski definition) is 0. The summed E-state index contributed by atoms with van der Waals surface area (Å²) in [7, 11) is 2.08. The van der Waals surface area contributed by atoms with Gasteiger partial charge in [-0.15, -0.1) is 9.36 Å². The van der Waals surface area contributed by atoms with E-state index in [1.54, 1.807) is 0 Å². The van der Waals surface area contributed by atoms with Crippen molar-refractivity contribution in [2.45, 2.75) is 26.7 Å². The molecule has 0 unspecified atom stereocenters. The molecule has 0 aliphatic carbocycles. The van der Waals surface area contributed by atoms with E-state index in [0.717, 1.165) is 0 Å². The highest BCUT2D eigenvalue weighted by Gasteiger charge is 2.22. The zero-order valence-electron chi connectivity index (χ0n) is 15.3. The Bertz CT molecular complexity index is 1050. The first kappa shape index (κ1) is 15.7. The van der Waals surface area contributed by atoms with E-state index in [1.807, 2.05) is 0 Å². The van der Waals surface area contributed by atoms with Gasteiger partial charge in [-0.25, -0.2) is 0 Å². The molecule has 0 saturated carbocycles. The van der Waals surface area contributed by atoms with Crippen molar-refractivity contribution in [2.75, 3.05) is 0 Å². The van der Waals surface area contributed by atoms with Crippen LogP contribution in [0, 0.1) is 6.92 Å². The molecule has 0 aliphatic heterocycles. The molecular formula is C22H24N3+. The second-order valence-electron chi connectivity index (χ2n) is 6.92. The summed E-state index contributed by atoms with van der Waals surface area (Å²) in [6, 6.07) is 19.5. The molecule has 0 atom stereocenters. The van der Waals surface area contributed by atoms with Gasteiger partial charge in [0.05, 0.1) is 17.4 Å².